The molecule has 1 fully saturated rings. The Morgan fingerprint density at radius 2 is 1.80 bits per heavy atom. The van der Waals surface area contributed by atoms with E-state index in [1.807, 2.05) is 0 Å². The fraction of sp³-hybridized carbons (Fsp3) is 0.286. The summed E-state index contributed by atoms with van der Waals surface area (Å²) in [5.74, 6) is 0.460. The van der Waals surface area contributed by atoms with Crippen LogP contribution in [0.3, 0.4) is 0 Å². The molecule has 2 aliphatic heterocycles. The number of anilines is 1. The van der Waals surface area contributed by atoms with Crippen molar-refractivity contribution < 1.29 is 28.6 Å². The number of rotatable bonds is 5. The minimum Gasteiger partial charge on any atom is -0.497 e. The topological polar surface area (TPSA) is 106 Å². The molecule has 30 heavy (non-hydrogen) atoms. The highest BCUT2D eigenvalue weighted by Crippen LogP contribution is 2.30. The summed E-state index contributed by atoms with van der Waals surface area (Å²) in [6.07, 6.45) is 0.701. The first-order valence-corrected chi connectivity index (χ1v) is 9.53. The maximum absolute atomic E-state index is 12.7. The van der Waals surface area contributed by atoms with E-state index in [4.69, 9.17) is 14.2 Å². The Labute approximate surface area is 172 Å². The van der Waals surface area contributed by atoms with Gasteiger partial charge in [-0.3, -0.25) is 19.8 Å². The predicted molar refractivity (Wildman–Crippen MR) is 107 cm³/mol. The number of carbonyl (C=O) groups is 3. The fourth-order valence-electron chi connectivity index (χ4n) is 3.28. The van der Waals surface area contributed by atoms with Crippen LogP contribution in [-0.4, -0.2) is 44.1 Å². The Morgan fingerprint density at radius 3 is 2.53 bits per heavy atom. The molecule has 9 heteroatoms. The summed E-state index contributed by atoms with van der Waals surface area (Å²) in [6, 6.07) is 10.6. The molecule has 0 aliphatic carbocycles. The molecule has 0 saturated carbocycles. The van der Waals surface area contributed by atoms with Crippen molar-refractivity contribution in [3.05, 3.63) is 48.0 Å². The number of amides is 3. The molecule has 1 saturated heterocycles. The summed E-state index contributed by atoms with van der Waals surface area (Å²) in [6.45, 7) is 1.07. The molecular weight excluding hydrogens is 390 g/mol. The normalized spacial score (nSPS) is 18.2. The van der Waals surface area contributed by atoms with E-state index in [1.165, 1.54) is 7.11 Å². The van der Waals surface area contributed by atoms with Crippen LogP contribution in [0.15, 0.2) is 42.5 Å². The van der Waals surface area contributed by atoms with Gasteiger partial charge in [0.2, 0.25) is 5.91 Å². The Morgan fingerprint density at radius 1 is 1.07 bits per heavy atom. The largest absolute Gasteiger partial charge is 0.497 e. The molecule has 0 aromatic heterocycles. The van der Waals surface area contributed by atoms with Crippen LogP contribution in [0.1, 0.15) is 23.2 Å². The van der Waals surface area contributed by atoms with Gasteiger partial charge in [0.05, 0.1) is 32.4 Å². The van der Waals surface area contributed by atoms with Crippen molar-refractivity contribution in [3.8, 4) is 17.2 Å². The van der Waals surface area contributed by atoms with E-state index in [0.717, 1.165) is 11.3 Å². The first-order valence-electron chi connectivity index (χ1n) is 9.53. The maximum atomic E-state index is 12.7. The van der Waals surface area contributed by atoms with Crippen LogP contribution in [0.5, 0.6) is 17.2 Å². The second kappa shape index (κ2) is 8.42. The number of nitrogens with zero attached hydrogens (tertiary/aromatic N) is 1. The minimum absolute atomic E-state index is 0.0632. The van der Waals surface area contributed by atoms with E-state index in [1.54, 1.807) is 42.5 Å². The van der Waals surface area contributed by atoms with E-state index >= 15 is 0 Å². The molecule has 156 valence electrons. The van der Waals surface area contributed by atoms with Gasteiger partial charge in [0.25, 0.3) is 11.8 Å². The van der Waals surface area contributed by atoms with Crippen LogP contribution in [0.25, 0.3) is 0 Å². The van der Waals surface area contributed by atoms with Crippen LogP contribution in [0.2, 0.25) is 0 Å². The van der Waals surface area contributed by atoms with E-state index in [-0.39, 0.29) is 12.3 Å². The molecular formula is C21H21N3O6. The number of benzene rings is 2. The highest BCUT2D eigenvalue weighted by atomic mass is 16.5. The molecule has 2 aromatic rings. The van der Waals surface area contributed by atoms with E-state index in [9.17, 15) is 14.4 Å². The van der Waals surface area contributed by atoms with Gasteiger partial charge >= 0.3 is 0 Å². The lowest BCUT2D eigenvalue weighted by atomic mass is 10.2. The van der Waals surface area contributed by atoms with Crippen LogP contribution in [-0.2, 0) is 9.59 Å². The summed E-state index contributed by atoms with van der Waals surface area (Å²) in [4.78, 5) is 38.6. The molecule has 2 N–H and O–H groups in total. The Kier molecular flexibility index (Phi) is 5.53. The molecule has 2 heterocycles. The lowest BCUT2D eigenvalue weighted by molar-refractivity contribution is -0.121. The molecule has 0 radical (unpaired) electrons. The highest BCUT2D eigenvalue weighted by molar-refractivity contribution is 6.22. The molecule has 0 bridgehead atoms. The maximum Gasteiger partial charge on any atom is 0.265 e. The van der Waals surface area contributed by atoms with Gasteiger partial charge in [-0.05, 0) is 42.5 Å². The second-order valence-electron chi connectivity index (χ2n) is 6.83. The van der Waals surface area contributed by atoms with Crippen LogP contribution >= 0.6 is 0 Å². The summed E-state index contributed by atoms with van der Waals surface area (Å²) < 4.78 is 16.2. The number of nitrogens with one attached hydrogen (secondary N) is 2. The van der Waals surface area contributed by atoms with Gasteiger partial charge in [0, 0.05) is 12.0 Å². The Bertz CT molecular complexity index is 975. The minimum atomic E-state index is -0.857. The van der Waals surface area contributed by atoms with E-state index < -0.39 is 17.9 Å². The monoisotopic (exact) mass is 411 g/mol. The van der Waals surface area contributed by atoms with Crippen molar-refractivity contribution in [1.29, 1.82) is 0 Å². The number of hydrazine groups is 1. The van der Waals surface area contributed by atoms with Crippen LogP contribution < -0.4 is 30.0 Å². The number of methoxy groups -OCH3 is 1. The van der Waals surface area contributed by atoms with Gasteiger partial charge < -0.3 is 14.2 Å². The average Bonchev–Trinajstić information content (AvgIpc) is 2.92. The molecule has 2 aromatic carbocycles. The predicted octanol–water partition coefficient (Wildman–Crippen LogP) is 1.42. The van der Waals surface area contributed by atoms with Crippen molar-refractivity contribution in [2.75, 3.05) is 25.2 Å². The number of imide groups is 1. The smallest absolute Gasteiger partial charge is 0.265 e. The zero-order valence-corrected chi connectivity index (χ0v) is 16.3. The van der Waals surface area contributed by atoms with Gasteiger partial charge in [-0.1, -0.05) is 0 Å². The summed E-state index contributed by atoms with van der Waals surface area (Å²) >= 11 is 0. The van der Waals surface area contributed by atoms with Crippen molar-refractivity contribution in [3.63, 3.8) is 0 Å². The molecule has 0 spiro atoms. The molecule has 1 unspecified atom stereocenters. The Balaban J connectivity index is 1.40. The SMILES string of the molecule is COc1ccc(N2C(=O)CC(NNC(=O)c3ccc4c(c3)OCCCO4)C2=O)cc1. The second-order valence-corrected chi connectivity index (χ2v) is 6.83. The van der Waals surface area contributed by atoms with Crippen LogP contribution in [0.4, 0.5) is 5.69 Å². The number of hydrogen-bond acceptors (Lipinski definition) is 7. The quantitative estimate of drug-likeness (QED) is 0.566. The lowest BCUT2D eigenvalue weighted by Gasteiger charge is -2.16. The molecule has 9 nitrogen and oxygen atoms in total. The molecule has 4 rings (SSSR count). The van der Waals surface area contributed by atoms with Gasteiger partial charge in [0.1, 0.15) is 11.8 Å². The Hall–Kier alpha value is -3.59. The standard InChI is InChI=1S/C21H21N3O6/c1-28-15-6-4-14(5-7-15)24-19(25)12-16(21(24)27)22-23-20(26)13-3-8-17-18(11-13)30-10-2-9-29-17/h3-8,11,16,22H,2,9-10,12H2,1H3,(H,23,26). The fourth-order valence-corrected chi connectivity index (χ4v) is 3.28. The van der Waals surface area contributed by atoms with Gasteiger partial charge in [0.15, 0.2) is 11.5 Å². The van der Waals surface area contributed by atoms with Gasteiger partial charge in [-0.2, -0.15) is 0 Å². The van der Waals surface area contributed by atoms with Gasteiger partial charge in [-0.15, -0.1) is 0 Å². The zero-order valence-electron chi connectivity index (χ0n) is 16.3. The van der Waals surface area contributed by atoms with Crippen molar-refractivity contribution in [1.82, 2.24) is 10.9 Å². The number of fused-ring (bicyclic) bond motifs is 1. The van der Waals surface area contributed by atoms with Crippen molar-refractivity contribution >= 4 is 23.4 Å². The molecule has 1 atom stereocenters. The lowest BCUT2D eigenvalue weighted by Crippen LogP contribution is -2.48. The number of carbonyl (C=O) groups excluding carboxylic acids is 3. The van der Waals surface area contributed by atoms with Crippen molar-refractivity contribution in [2.24, 2.45) is 0 Å². The third kappa shape index (κ3) is 3.92. The van der Waals surface area contributed by atoms with Crippen molar-refractivity contribution in [2.45, 2.75) is 18.9 Å². The first-order chi connectivity index (χ1) is 14.6. The van der Waals surface area contributed by atoms with E-state index in [0.29, 0.717) is 41.7 Å². The molecule has 3 amide bonds. The highest BCUT2D eigenvalue weighted by Gasteiger charge is 2.39. The average molecular weight is 411 g/mol. The number of ether oxygens (including phenoxy) is 3. The van der Waals surface area contributed by atoms with Gasteiger partial charge in [-0.25, -0.2) is 10.3 Å². The third-order valence-electron chi connectivity index (χ3n) is 4.85. The summed E-state index contributed by atoms with van der Waals surface area (Å²) in [7, 11) is 1.53. The first kappa shape index (κ1) is 19.7. The van der Waals surface area contributed by atoms with Crippen LogP contribution in [0, 0.1) is 0 Å². The zero-order chi connectivity index (χ0) is 21.1. The van der Waals surface area contributed by atoms with E-state index in [2.05, 4.69) is 10.9 Å². The summed E-state index contributed by atoms with van der Waals surface area (Å²) in [5.41, 5.74) is 5.96. The third-order valence-corrected chi connectivity index (χ3v) is 4.85. The number of hydrogen-bond donors (Lipinski definition) is 2. The summed E-state index contributed by atoms with van der Waals surface area (Å²) in [5, 5.41) is 0. The molecule has 2 aliphatic rings.